The van der Waals surface area contributed by atoms with Crippen LogP contribution in [-0.2, 0) is 0 Å². The van der Waals surface area contributed by atoms with Crippen molar-refractivity contribution < 1.29 is 4.92 Å². The topological polar surface area (TPSA) is 93.3 Å². The van der Waals surface area contributed by atoms with Crippen LogP contribution in [0.2, 0.25) is 0 Å². The van der Waals surface area contributed by atoms with Crippen LogP contribution in [0, 0.1) is 17.0 Å². The molecule has 0 fully saturated rings. The first-order valence-electron chi connectivity index (χ1n) is 7.57. The largest absolute Gasteiger partial charge is 0.278 e. The number of nitro benzene ring substituents is 1. The van der Waals surface area contributed by atoms with Crippen LogP contribution in [0.15, 0.2) is 65.8 Å². The summed E-state index contributed by atoms with van der Waals surface area (Å²) >= 11 is 0. The third kappa shape index (κ3) is 4.03. The van der Waals surface area contributed by atoms with E-state index in [1.165, 1.54) is 12.3 Å². The summed E-state index contributed by atoms with van der Waals surface area (Å²) in [5, 5.41) is 15.0. The second-order valence-corrected chi connectivity index (χ2v) is 5.27. The predicted molar refractivity (Wildman–Crippen MR) is 96.5 cm³/mol. The van der Waals surface area contributed by atoms with Gasteiger partial charge in [0.2, 0.25) is 5.95 Å². The average Bonchev–Trinajstić information content (AvgIpc) is 2.62. The van der Waals surface area contributed by atoms with Gasteiger partial charge in [0.05, 0.1) is 22.4 Å². The van der Waals surface area contributed by atoms with Crippen molar-refractivity contribution in [3.63, 3.8) is 0 Å². The molecule has 7 heteroatoms. The normalized spacial score (nSPS) is 10.8. The van der Waals surface area contributed by atoms with Gasteiger partial charge < -0.3 is 0 Å². The summed E-state index contributed by atoms with van der Waals surface area (Å²) in [6.45, 7) is 1.87. The molecule has 0 aliphatic rings. The summed E-state index contributed by atoms with van der Waals surface area (Å²) in [5.41, 5.74) is 5.66. The molecule has 3 aromatic rings. The van der Waals surface area contributed by atoms with Crippen molar-refractivity contribution in [2.75, 3.05) is 5.43 Å². The van der Waals surface area contributed by atoms with Crippen molar-refractivity contribution >= 4 is 17.9 Å². The van der Waals surface area contributed by atoms with Gasteiger partial charge in [-0.3, -0.25) is 10.1 Å². The number of hydrogen-bond acceptors (Lipinski definition) is 6. The Balaban J connectivity index is 1.82. The van der Waals surface area contributed by atoms with Crippen molar-refractivity contribution in [1.29, 1.82) is 0 Å². The summed E-state index contributed by atoms with van der Waals surface area (Å²) < 4.78 is 0. The van der Waals surface area contributed by atoms with Gasteiger partial charge in [-0.1, -0.05) is 42.5 Å². The van der Waals surface area contributed by atoms with Crippen LogP contribution in [0.1, 0.15) is 11.3 Å². The molecule has 0 saturated heterocycles. The van der Waals surface area contributed by atoms with E-state index in [1.54, 1.807) is 18.2 Å². The van der Waals surface area contributed by atoms with Gasteiger partial charge >= 0.3 is 0 Å². The van der Waals surface area contributed by atoms with Gasteiger partial charge in [-0.2, -0.15) is 5.10 Å². The summed E-state index contributed by atoms with van der Waals surface area (Å²) in [6, 6.07) is 18.0. The molecule has 0 aliphatic heterocycles. The second kappa shape index (κ2) is 7.31. The van der Waals surface area contributed by atoms with Crippen molar-refractivity contribution in [2.24, 2.45) is 5.10 Å². The molecular weight excluding hydrogens is 318 g/mol. The number of aromatic nitrogens is 2. The zero-order valence-electron chi connectivity index (χ0n) is 13.5. The lowest BCUT2D eigenvalue weighted by atomic mass is 10.1. The first kappa shape index (κ1) is 16.3. The lowest BCUT2D eigenvalue weighted by molar-refractivity contribution is -0.385. The molecule has 25 heavy (non-hydrogen) atoms. The van der Waals surface area contributed by atoms with Crippen LogP contribution in [0.4, 0.5) is 11.6 Å². The maximum Gasteiger partial charge on any atom is 0.278 e. The Bertz CT molecular complexity index is 926. The summed E-state index contributed by atoms with van der Waals surface area (Å²) in [6.07, 6.45) is 1.38. The lowest BCUT2D eigenvalue weighted by Crippen LogP contribution is -2.01. The van der Waals surface area contributed by atoms with Crippen LogP contribution in [0.25, 0.3) is 11.3 Å². The first-order valence-corrected chi connectivity index (χ1v) is 7.57. The van der Waals surface area contributed by atoms with Crippen LogP contribution >= 0.6 is 0 Å². The zero-order valence-corrected chi connectivity index (χ0v) is 13.5. The number of hydrazone groups is 1. The van der Waals surface area contributed by atoms with E-state index < -0.39 is 4.92 Å². The molecule has 0 atom stereocenters. The first-order chi connectivity index (χ1) is 12.1. The Labute approximate surface area is 144 Å². The molecule has 0 unspecified atom stereocenters. The van der Waals surface area contributed by atoms with Gasteiger partial charge in [0.25, 0.3) is 5.69 Å². The Hall–Kier alpha value is -3.61. The number of nitrogens with zero attached hydrogens (tertiary/aromatic N) is 4. The predicted octanol–water partition coefficient (Wildman–Crippen LogP) is 3.81. The van der Waals surface area contributed by atoms with E-state index in [1.807, 2.05) is 43.3 Å². The van der Waals surface area contributed by atoms with E-state index in [0.717, 1.165) is 17.0 Å². The third-order valence-electron chi connectivity index (χ3n) is 3.43. The minimum Gasteiger partial charge on any atom is -0.258 e. The number of aryl methyl sites for hydroxylation is 1. The molecule has 1 heterocycles. The molecule has 7 nitrogen and oxygen atoms in total. The second-order valence-electron chi connectivity index (χ2n) is 5.27. The highest BCUT2D eigenvalue weighted by atomic mass is 16.6. The van der Waals surface area contributed by atoms with Crippen molar-refractivity contribution in [3.05, 3.63) is 82.0 Å². The average molecular weight is 333 g/mol. The summed E-state index contributed by atoms with van der Waals surface area (Å²) in [4.78, 5) is 19.3. The van der Waals surface area contributed by atoms with E-state index in [0.29, 0.717) is 11.5 Å². The van der Waals surface area contributed by atoms with Gasteiger partial charge in [-0.25, -0.2) is 15.4 Å². The summed E-state index contributed by atoms with van der Waals surface area (Å²) in [7, 11) is 0. The number of anilines is 1. The Morgan fingerprint density at radius 1 is 1.08 bits per heavy atom. The Kier molecular flexibility index (Phi) is 4.75. The standard InChI is InChI=1S/C18H15N5O2/c1-13-11-16(14-7-3-2-4-8-14)21-18(20-13)22-19-12-15-9-5-6-10-17(15)23(24)25/h2-12H,1H3,(H,20,21,22). The van der Waals surface area contributed by atoms with E-state index >= 15 is 0 Å². The maximum absolute atomic E-state index is 11.0. The van der Waals surface area contributed by atoms with Crippen LogP contribution in [0.3, 0.4) is 0 Å². The monoisotopic (exact) mass is 333 g/mol. The molecule has 0 radical (unpaired) electrons. The molecule has 124 valence electrons. The highest BCUT2D eigenvalue weighted by Crippen LogP contribution is 2.19. The van der Waals surface area contributed by atoms with Gasteiger partial charge in [-0.05, 0) is 19.1 Å². The van der Waals surface area contributed by atoms with Crippen LogP contribution in [0.5, 0.6) is 0 Å². The van der Waals surface area contributed by atoms with Crippen molar-refractivity contribution in [2.45, 2.75) is 6.92 Å². The van der Waals surface area contributed by atoms with Crippen LogP contribution < -0.4 is 5.43 Å². The van der Waals surface area contributed by atoms with E-state index in [2.05, 4.69) is 20.5 Å². The number of benzene rings is 2. The highest BCUT2D eigenvalue weighted by molar-refractivity contribution is 5.85. The van der Waals surface area contributed by atoms with Gasteiger partial charge in [0, 0.05) is 17.3 Å². The minimum absolute atomic E-state index is 0.0109. The minimum atomic E-state index is -0.446. The molecule has 0 bridgehead atoms. The van der Waals surface area contributed by atoms with E-state index in [9.17, 15) is 10.1 Å². The molecule has 0 aliphatic carbocycles. The number of hydrogen-bond donors (Lipinski definition) is 1. The van der Waals surface area contributed by atoms with Gasteiger partial charge in [-0.15, -0.1) is 0 Å². The molecule has 0 amide bonds. The molecule has 2 aromatic carbocycles. The van der Waals surface area contributed by atoms with Crippen molar-refractivity contribution in [3.8, 4) is 11.3 Å². The summed E-state index contributed by atoms with van der Waals surface area (Å²) in [5.74, 6) is 0.327. The molecule has 0 spiro atoms. The Morgan fingerprint density at radius 2 is 1.80 bits per heavy atom. The van der Waals surface area contributed by atoms with E-state index in [4.69, 9.17) is 0 Å². The number of nitrogens with one attached hydrogen (secondary N) is 1. The fraction of sp³-hybridized carbons (Fsp3) is 0.0556. The smallest absolute Gasteiger partial charge is 0.258 e. The number of nitro groups is 1. The Morgan fingerprint density at radius 3 is 2.56 bits per heavy atom. The van der Waals surface area contributed by atoms with Gasteiger partial charge in [0.15, 0.2) is 0 Å². The SMILES string of the molecule is Cc1cc(-c2ccccc2)nc(NN=Cc2ccccc2[N+](=O)[O-])n1. The van der Waals surface area contributed by atoms with E-state index in [-0.39, 0.29) is 5.69 Å². The van der Waals surface area contributed by atoms with Crippen molar-refractivity contribution in [1.82, 2.24) is 9.97 Å². The molecule has 0 saturated carbocycles. The number of rotatable bonds is 5. The molecule has 3 rings (SSSR count). The van der Waals surface area contributed by atoms with Crippen LogP contribution in [-0.4, -0.2) is 21.1 Å². The molecular formula is C18H15N5O2. The molecule has 1 aromatic heterocycles. The maximum atomic E-state index is 11.0. The quantitative estimate of drug-likeness (QED) is 0.435. The number of para-hydroxylation sites is 1. The highest BCUT2D eigenvalue weighted by Gasteiger charge is 2.10. The third-order valence-corrected chi connectivity index (χ3v) is 3.43. The zero-order chi connectivity index (χ0) is 17.6. The fourth-order valence-electron chi connectivity index (χ4n) is 2.30. The molecule has 1 N–H and O–H groups in total. The van der Waals surface area contributed by atoms with Gasteiger partial charge in [0.1, 0.15) is 0 Å². The lowest BCUT2D eigenvalue weighted by Gasteiger charge is -2.05. The fourth-order valence-corrected chi connectivity index (χ4v) is 2.30.